The molecule has 6 heteroatoms. The highest BCUT2D eigenvalue weighted by Crippen LogP contribution is 2.15. The molecular weight excluding hydrogens is 342 g/mol. The number of likely N-dealkylation sites (N-methyl/N-ethyl adjacent to an activating group) is 2. The summed E-state index contributed by atoms with van der Waals surface area (Å²) in [6.07, 6.45) is 0. The maximum Gasteiger partial charge on any atom is 0.285 e. The van der Waals surface area contributed by atoms with Gasteiger partial charge in [0, 0.05) is 25.3 Å². The van der Waals surface area contributed by atoms with E-state index in [4.69, 9.17) is 4.74 Å². The number of quaternary nitrogens is 1. The molecule has 0 aliphatic heterocycles. The van der Waals surface area contributed by atoms with Crippen molar-refractivity contribution in [2.24, 2.45) is 0 Å². The van der Waals surface area contributed by atoms with Crippen LogP contribution in [0.3, 0.4) is 0 Å². The van der Waals surface area contributed by atoms with Crippen molar-refractivity contribution in [2.75, 3.05) is 39.6 Å². The third-order valence-corrected chi connectivity index (χ3v) is 4.44. The SMILES string of the molecule is CC[NH+](CC(=O)Nc1ccc(OC)cc1)[C@H](C(=O)N(C)C)c1ccccc1. The second-order valence-electron chi connectivity index (χ2n) is 6.54. The number of carbonyl (C=O) groups excluding carboxylic acids is 2. The summed E-state index contributed by atoms with van der Waals surface area (Å²) in [5.41, 5.74) is 1.61. The van der Waals surface area contributed by atoms with Gasteiger partial charge in [-0.3, -0.25) is 9.59 Å². The Morgan fingerprint density at radius 3 is 2.22 bits per heavy atom. The predicted molar refractivity (Wildman–Crippen MR) is 106 cm³/mol. The second kappa shape index (κ2) is 9.73. The maximum atomic E-state index is 12.8. The van der Waals surface area contributed by atoms with Gasteiger partial charge in [0.05, 0.1) is 13.7 Å². The zero-order chi connectivity index (χ0) is 19.8. The summed E-state index contributed by atoms with van der Waals surface area (Å²) in [7, 11) is 5.08. The summed E-state index contributed by atoms with van der Waals surface area (Å²) in [5.74, 6) is 0.578. The van der Waals surface area contributed by atoms with Crippen molar-refractivity contribution in [3.63, 3.8) is 0 Å². The first-order valence-corrected chi connectivity index (χ1v) is 9.00. The third kappa shape index (κ3) is 5.56. The summed E-state index contributed by atoms with van der Waals surface area (Å²) in [6.45, 7) is 2.83. The lowest BCUT2D eigenvalue weighted by Crippen LogP contribution is -3.14. The number of amides is 2. The van der Waals surface area contributed by atoms with Crippen molar-refractivity contribution in [3.8, 4) is 5.75 Å². The van der Waals surface area contributed by atoms with E-state index < -0.39 is 6.04 Å². The highest BCUT2D eigenvalue weighted by atomic mass is 16.5. The molecule has 1 unspecified atom stereocenters. The summed E-state index contributed by atoms with van der Waals surface area (Å²) < 4.78 is 5.13. The van der Waals surface area contributed by atoms with E-state index in [2.05, 4.69) is 5.32 Å². The number of methoxy groups -OCH3 is 1. The van der Waals surface area contributed by atoms with Crippen molar-refractivity contribution in [1.29, 1.82) is 0 Å². The average molecular weight is 370 g/mol. The summed E-state index contributed by atoms with van der Waals surface area (Å²) in [5, 5.41) is 2.89. The zero-order valence-electron chi connectivity index (χ0n) is 16.4. The topological polar surface area (TPSA) is 63.1 Å². The van der Waals surface area contributed by atoms with E-state index in [9.17, 15) is 9.59 Å². The average Bonchev–Trinajstić information content (AvgIpc) is 2.68. The van der Waals surface area contributed by atoms with Gasteiger partial charge in [-0.1, -0.05) is 30.3 Å². The molecule has 0 fully saturated rings. The molecule has 0 spiro atoms. The molecule has 0 saturated heterocycles. The lowest BCUT2D eigenvalue weighted by molar-refractivity contribution is -0.912. The molecule has 27 heavy (non-hydrogen) atoms. The Bertz CT molecular complexity index is 745. The molecule has 0 aliphatic rings. The third-order valence-electron chi connectivity index (χ3n) is 4.44. The van der Waals surface area contributed by atoms with E-state index in [1.165, 1.54) is 0 Å². The van der Waals surface area contributed by atoms with Crippen LogP contribution in [0.15, 0.2) is 54.6 Å². The van der Waals surface area contributed by atoms with Crippen LogP contribution in [0.5, 0.6) is 5.75 Å². The number of nitrogens with one attached hydrogen (secondary N) is 2. The zero-order valence-corrected chi connectivity index (χ0v) is 16.4. The van der Waals surface area contributed by atoms with Crippen LogP contribution in [-0.4, -0.2) is 51.0 Å². The molecule has 6 nitrogen and oxygen atoms in total. The molecule has 2 aromatic rings. The molecule has 0 radical (unpaired) electrons. The molecule has 2 aromatic carbocycles. The van der Waals surface area contributed by atoms with E-state index in [0.29, 0.717) is 12.2 Å². The van der Waals surface area contributed by atoms with Crippen LogP contribution in [0, 0.1) is 0 Å². The van der Waals surface area contributed by atoms with Crippen LogP contribution >= 0.6 is 0 Å². The number of ether oxygens (including phenoxy) is 1. The molecule has 0 aromatic heterocycles. The minimum Gasteiger partial charge on any atom is -0.497 e. The van der Waals surface area contributed by atoms with E-state index in [0.717, 1.165) is 16.2 Å². The van der Waals surface area contributed by atoms with Gasteiger partial charge in [-0.05, 0) is 31.2 Å². The Hall–Kier alpha value is -2.86. The summed E-state index contributed by atoms with van der Waals surface area (Å²) in [4.78, 5) is 27.9. The lowest BCUT2D eigenvalue weighted by atomic mass is 10.0. The van der Waals surface area contributed by atoms with E-state index in [1.807, 2.05) is 37.3 Å². The van der Waals surface area contributed by atoms with Crippen LogP contribution in [0.4, 0.5) is 5.69 Å². The van der Waals surface area contributed by atoms with E-state index in [1.54, 1.807) is 50.4 Å². The van der Waals surface area contributed by atoms with E-state index in [-0.39, 0.29) is 18.4 Å². The van der Waals surface area contributed by atoms with Crippen LogP contribution in [0.1, 0.15) is 18.5 Å². The molecule has 0 aliphatic carbocycles. The Morgan fingerprint density at radius 1 is 1.07 bits per heavy atom. The largest absolute Gasteiger partial charge is 0.497 e. The van der Waals surface area contributed by atoms with Gasteiger partial charge in [0.1, 0.15) is 5.75 Å². The summed E-state index contributed by atoms with van der Waals surface area (Å²) >= 11 is 0. The fourth-order valence-electron chi connectivity index (χ4n) is 2.97. The highest BCUT2D eigenvalue weighted by molar-refractivity contribution is 5.91. The van der Waals surface area contributed by atoms with Gasteiger partial charge in [0.2, 0.25) is 0 Å². The number of hydrogen-bond donors (Lipinski definition) is 2. The molecule has 2 atom stereocenters. The number of benzene rings is 2. The molecule has 2 amide bonds. The number of carbonyl (C=O) groups is 2. The van der Waals surface area contributed by atoms with Gasteiger partial charge >= 0.3 is 0 Å². The highest BCUT2D eigenvalue weighted by Gasteiger charge is 2.33. The number of nitrogens with zero attached hydrogens (tertiary/aromatic N) is 1. The second-order valence-corrected chi connectivity index (χ2v) is 6.54. The molecular formula is C21H28N3O3+. The van der Waals surface area contributed by atoms with Gasteiger partial charge in [0.25, 0.3) is 11.8 Å². The first kappa shape index (κ1) is 20.5. The van der Waals surface area contributed by atoms with E-state index >= 15 is 0 Å². The minimum atomic E-state index is -0.423. The molecule has 0 bridgehead atoms. The Kier molecular flexibility index (Phi) is 7.37. The first-order chi connectivity index (χ1) is 13.0. The van der Waals surface area contributed by atoms with Gasteiger partial charge in [-0.15, -0.1) is 0 Å². The minimum absolute atomic E-state index is 0.0182. The van der Waals surface area contributed by atoms with Crippen LogP contribution < -0.4 is 15.0 Å². The lowest BCUT2D eigenvalue weighted by Gasteiger charge is -2.28. The monoisotopic (exact) mass is 370 g/mol. The van der Waals surface area contributed by atoms with Crippen LogP contribution in [-0.2, 0) is 9.59 Å². The molecule has 0 saturated carbocycles. The first-order valence-electron chi connectivity index (χ1n) is 9.00. The fraction of sp³-hybridized carbons (Fsp3) is 0.333. The van der Waals surface area contributed by atoms with Crippen molar-refractivity contribution in [2.45, 2.75) is 13.0 Å². The van der Waals surface area contributed by atoms with Crippen molar-refractivity contribution >= 4 is 17.5 Å². The van der Waals surface area contributed by atoms with Crippen LogP contribution in [0.25, 0.3) is 0 Å². The predicted octanol–water partition coefficient (Wildman–Crippen LogP) is 1.37. The Labute approximate surface area is 160 Å². The van der Waals surface area contributed by atoms with Gasteiger partial charge in [0.15, 0.2) is 12.6 Å². The van der Waals surface area contributed by atoms with Crippen molar-refractivity contribution < 1.29 is 19.2 Å². The maximum absolute atomic E-state index is 12.8. The summed E-state index contributed by atoms with van der Waals surface area (Å²) in [6, 6.07) is 16.4. The Balaban J connectivity index is 2.15. The van der Waals surface area contributed by atoms with Gasteiger partial charge in [-0.2, -0.15) is 0 Å². The number of anilines is 1. The van der Waals surface area contributed by atoms with Crippen molar-refractivity contribution in [3.05, 3.63) is 60.2 Å². The quantitative estimate of drug-likeness (QED) is 0.738. The standard InChI is InChI=1S/C21H27N3O3/c1-5-24(15-19(25)22-17-11-13-18(27-4)14-12-17)20(21(26)23(2)3)16-9-7-6-8-10-16/h6-14,20H,5,15H2,1-4H3,(H,22,25)/p+1/t20-/m0/s1. The smallest absolute Gasteiger partial charge is 0.285 e. The van der Waals surface area contributed by atoms with Crippen LogP contribution in [0.2, 0.25) is 0 Å². The molecule has 2 rings (SSSR count). The molecule has 144 valence electrons. The van der Waals surface area contributed by atoms with Gasteiger partial charge in [-0.25, -0.2) is 0 Å². The van der Waals surface area contributed by atoms with Gasteiger partial charge < -0.3 is 19.9 Å². The molecule has 2 N–H and O–H groups in total. The number of hydrogen-bond acceptors (Lipinski definition) is 3. The number of rotatable bonds is 8. The van der Waals surface area contributed by atoms with Crippen molar-refractivity contribution in [1.82, 2.24) is 4.90 Å². The Morgan fingerprint density at radius 2 is 1.70 bits per heavy atom. The fourth-order valence-corrected chi connectivity index (χ4v) is 2.97. The molecule has 0 heterocycles. The normalized spacial score (nSPS) is 12.7.